The number of aromatic nitrogens is 3. The van der Waals surface area contributed by atoms with Crippen LogP contribution in [0.1, 0.15) is 22.6 Å². The molecule has 10 aromatic carbocycles. The molecule has 3 heteroatoms. The highest BCUT2D eigenvalue weighted by Crippen LogP contribution is 2.50. The van der Waals surface area contributed by atoms with Crippen LogP contribution in [0.15, 0.2) is 231 Å². The molecule has 1 atom stereocenters. The summed E-state index contributed by atoms with van der Waals surface area (Å²) in [5.74, 6) is 0.199. The fourth-order valence-corrected chi connectivity index (χ4v) is 11.2. The lowest BCUT2D eigenvalue weighted by Gasteiger charge is -2.15. The minimum Gasteiger partial charge on any atom is -0.309 e. The van der Waals surface area contributed by atoms with Crippen molar-refractivity contribution in [3.05, 3.63) is 247 Å². The fourth-order valence-electron chi connectivity index (χ4n) is 11.2. The number of para-hydroxylation sites is 4. The van der Waals surface area contributed by atoms with Crippen LogP contribution in [0.2, 0.25) is 0 Å². The lowest BCUT2D eigenvalue weighted by Crippen LogP contribution is -1.99. The minimum atomic E-state index is 0.199. The Labute approximate surface area is 369 Å². The summed E-state index contributed by atoms with van der Waals surface area (Å²) in [5, 5.41) is 7.53. The molecule has 0 aliphatic heterocycles. The van der Waals surface area contributed by atoms with E-state index >= 15 is 0 Å². The Hall–Kier alpha value is -8.40. The van der Waals surface area contributed by atoms with Crippen molar-refractivity contribution in [3.63, 3.8) is 0 Å². The van der Waals surface area contributed by atoms with E-state index in [2.05, 4.69) is 244 Å². The summed E-state index contributed by atoms with van der Waals surface area (Å²) in [6, 6.07) is 85.2. The molecule has 64 heavy (non-hydrogen) atoms. The molecule has 0 saturated carbocycles. The number of benzene rings is 10. The summed E-state index contributed by atoms with van der Waals surface area (Å²) in [5.41, 5.74) is 19.8. The highest BCUT2D eigenvalue weighted by atomic mass is 15.0. The van der Waals surface area contributed by atoms with Gasteiger partial charge in [-0.1, -0.05) is 152 Å². The molecule has 3 aromatic heterocycles. The molecule has 0 fully saturated rings. The maximum atomic E-state index is 2.48. The smallest absolute Gasteiger partial charge is 0.0548 e. The van der Waals surface area contributed by atoms with E-state index in [0.717, 1.165) is 11.4 Å². The van der Waals surface area contributed by atoms with Gasteiger partial charge >= 0.3 is 0 Å². The van der Waals surface area contributed by atoms with E-state index in [1.165, 1.54) is 110 Å². The van der Waals surface area contributed by atoms with Crippen LogP contribution in [-0.2, 0) is 0 Å². The molecule has 3 nitrogen and oxygen atoms in total. The third kappa shape index (κ3) is 5.04. The Kier molecular flexibility index (Phi) is 7.46. The molecule has 0 spiro atoms. The Morgan fingerprint density at radius 1 is 0.250 bits per heavy atom. The van der Waals surface area contributed by atoms with Crippen LogP contribution in [0.3, 0.4) is 0 Å². The first kappa shape index (κ1) is 35.2. The van der Waals surface area contributed by atoms with Gasteiger partial charge in [0.1, 0.15) is 0 Å². The molecule has 13 aromatic rings. The zero-order valence-electron chi connectivity index (χ0n) is 34.9. The van der Waals surface area contributed by atoms with Gasteiger partial charge in [-0.05, 0) is 118 Å². The minimum absolute atomic E-state index is 0.199. The fraction of sp³-hybridized carbons (Fsp3) is 0.0164. The molecule has 0 bridgehead atoms. The molecular formula is C61H39N3. The van der Waals surface area contributed by atoms with E-state index in [1.807, 2.05) is 0 Å². The molecule has 0 radical (unpaired) electrons. The second-order valence-electron chi connectivity index (χ2n) is 17.3. The summed E-state index contributed by atoms with van der Waals surface area (Å²) < 4.78 is 7.34. The lowest BCUT2D eigenvalue weighted by molar-refractivity contribution is 1.02. The zero-order chi connectivity index (χ0) is 41.9. The zero-order valence-corrected chi connectivity index (χ0v) is 34.9. The second kappa shape index (κ2) is 13.5. The van der Waals surface area contributed by atoms with E-state index in [1.54, 1.807) is 0 Å². The summed E-state index contributed by atoms with van der Waals surface area (Å²) in [6.45, 7) is 0. The summed E-state index contributed by atoms with van der Waals surface area (Å²) in [4.78, 5) is 0. The van der Waals surface area contributed by atoms with Crippen molar-refractivity contribution < 1.29 is 0 Å². The van der Waals surface area contributed by atoms with Gasteiger partial charge in [0.25, 0.3) is 0 Å². The molecule has 14 rings (SSSR count). The van der Waals surface area contributed by atoms with Gasteiger partial charge in [0.15, 0.2) is 0 Å². The van der Waals surface area contributed by atoms with Crippen LogP contribution in [0.4, 0.5) is 0 Å². The van der Waals surface area contributed by atoms with Crippen molar-refractivity contribution in [1.82, 2.24) is 13.7 Å². The molecule has 0 amide bonds. The normalized spacial score (nSPS) is 13.5. The van der Waals surface area contributed by atoms with E-state index in [-0.39, 0.29) is 5.92 Å². The maximum Gasteiger partial charge on any atom is 0.0548 e. The number of rotatable bonds is 5. The Morgan fingerprint density at radius 2 is 0.688 bits per heavy atom. The predicted molar refractivity (Wildman–Crippen MR) is 268 cm³/mol. The second-order valence-corrected chi connectivity index (χ2v) is 17.3. The van der Waals surface area contributed by atoms with Crippen molar-refractivity contribution >= 4 is 65.4 Å². The Morgan fingerprint density at radius 3 is 1.27 bits per heavy atom. The third-order valence-electron chi connectivity index (χ3n) is 13.9. The molecule has 1 aliphatic rings. The molecule has 0 saturated heterocycles. The molecule has 298 valence electrons. The van der Waals surface area contributed by atoms with E-state index in [0.29, 0.717) is 0 Å². The summed E-state index contributed by atoms with van der Waals surface area (Å²) in [7, 11) is 0. The Bertz CT molecular complexity index is 4010. The van der Waals surface area contributed by atoms with E-state index in [9.17, 15) is 0 Å². The third-order valence-corrected chi connectivity index (χ3v) is 13.9. The largest absolute Gasteiger partial charge is 0.309 e. The van der Waals surface area contributed by atoms with E-state index in [4.69, 9.17) is 0 Å². The van der Waals surface area contributed by atoms with Crippen LogP contribution in [0.5, 0.6) is 0 Å². The monoisotopic (exact) mass is 813 g/mol. The van der Waals surface area contributed by atoms with Gasteiger partial charge in [0, 0.05) is 55.3 Å². The quantitative estimate of drug-likeness (QED) is 0.164. The van der Waals surface area contributed by atoms with Crippen molar-refractivity contribution in [2.45, 2.75) is 5.92 Å². The molecule has 0 N–H and O–H groups in total. The number of fused-ring (bicyclic) bond motifs is 12. The van der Waals surface area contributed by atoms with Crippen molar-refractivity contribution in [3.8, 4) is 39.3 Å². The van der Waals surface area contributed by atoms with Crippen LogP contribution in [0.25, 0.3) is 105 Å². The van der Waals surface area contributed by atoms with Gasteiger partial charge in [0.05, 0.1) is 33.1 Å². The standard InChI is InChI=1S/C61H39N3/c1-3-17-39(18-4-1)61-49-29-8-7-25-45(49)50-36-58-51(35-54(50)61)46-26-9-13-31-56(46)63(58)43-23-15-19-40(33-43)41-20-16-24-44(34-41)64-57-32-14-11-28-48(57)53-37-59-52(38-60(53)64)47-27-10-12-30-55(47)62(59)42-21-5-2-6-22-42/h1-38,61H. The van der Waals surface area contributed by atoms with Crippen LogP contribution >= 0.6 is 0 Å². The summed E-state index contributed by atoms with van der Waals surface area (Å²) in [6.07, 6.45) is 0. The van der Waals surface area contributed by atoms with Crippen molar-refractivity contribution in [1.29, 1.82) is 0 Å². The SMILES string of the molecule is c1ccc(C2c3ccccc3-c3cc4c(cc32)c2ccccc2n4-c2cccc(-c3cccc(-n4c5ccccc5c5cc6c(cc54)c4ccccc4n6-c4ccccc4)c3)c2)cc1. The van der Waals surface area contributed by atoms with Gasteiger partial charge < -0.3 is 13.7 Å². The first-order valence-corrected chi connectivity index (χ1v) is 22.2. The van der Waals surface area contributed by atoms with Crippen LogP contribution < -0.4 is 0 Å². The van der Waals surface area contributed by atoms with Crippen LogP contribution in [-0.4, -0.2) is 13.7 Å². The van der Waals surface area contributed by atoms with Gasteiger partial charge in [0.2, 0.25) is 0 Å². The molecule has 3 heterocycles. The number of hydrogen-bond donors (Lipinski definition) is 0. The maximum absolute atomic E-state index is 2.48. The van der Waals surface area contributed by atoms with Crippen molar-refractivity contribution in [2.75, 3.05) is 0 Å². The van der Waals surface area contributed by atoms with E-state index < -0.39 is 0 Å². The highest BCUT2D eigenvalue weighted by molar-refractivity contribution is 6.19. The van der Waals surface area contributed by atoms with Gasteiger partial charge in [-0.2, -0.15) is 0 Å². The first-order valence-electron chi connectivity index (χ1n) is 22.2. The van der Waals surface area contributed by atoms with Gasteiger partial charge in [-0.25, -0.2) is 0 Å². The number of hydrogen-bond acceptors (Lipinski definition) is 0. The average molecular weight is 814 g/mol. The van der Waals surface area contributed by atoms with Crippen molar-refractivity contribution in [2.24, 2.45) is 0 Å². The molecular weight excluding hydrogens is 775 g/mol. The highest BCUT2D eigenvalue weighted by Gasteiger charge is 2.31. The lowest BCUT2D eigenvalue weighted by atomic mass is 9.89. The molecule has 1 aliphatic carbocycles. The predicted octanol–water partition coefficient (Wildman–Crippen LogP) is 15.8. The Balaban J connectivity index is 0.939. The topological polar surface area (TPSA) is 14.8 Å². The summed E-state index contributed by atoms with van der Waals surface area (Å²) >= 11 is 0. The number of nitrogens with zero attached hydrogens (tertiary/aromatic N) is 3. The van der Waals surface area contributed by atoms with Gasteiger partial charge in [-0.3, -0.25) is 0 Å². The van der Waals surface area contributed by atoms with Crippen LogP contribution in [0, 0.1) is 0 Å². The molecule has 1 unspecified atom stereocenters. The van der Waals surface area contributed by atoms with Gasteiger partial charge in [-0.15, -0.1) is 0 Å². The average Bonchev–Trinajstić information content (AvgIpc) is 4.07. The first-order chi connectivity index (χ1) is 31.8.